The number of anilines is 1. The summed E-state index contributed by atoms with van der Waals surface area (Å²) in [5, 5.41) is 4.70. The highest BCUT2D eigenvalue weighted by molar-refractivity contribution is 7.15. The van der Waals surface area contributed by atoms with Crippen LogP contribution in [0.1, 0.15) is 56.0 Å². The Kier molecular flexibility index (Phi) is 6.93. The molecule has 1 atom stereocenters. The van der Waals surface area contributed by atoms with Crippen LogP contribution in [-0.4, -0.2) is 38.3 Å². The van der Waals surface area contributed by atoms with Crippen LogP contribution in [0.25, 0.3) is 0 Å². The maximum absolute atomic E-state index is 5.10. The highest BCUT2D eigenvalue weighted by Crippen LogP contribution is 2.33. The molecule has 0 bridgehead atoms. The van der Waals surface area contributed by atoms with E-state index in [-0.39, 0.29) is 0 Å². The van der Waals surface area contributed by atoms with Crippen LogP contribution in [0, 0.1) is 0 Å². The number of methoxy groups -OCH3 is 1. The smallest absolute Gasteiger partial charge is 0.185 e. The fourth-order valence-electron chi connectivity index (χ4n) is 2.65. The van der Waals surface area contributed by atoms with Gasteiger partial charge in [-0.3, -0.25) is 0 Å². The zero-order valence-corrected chi connectivity index (χ0v) is 14.5. The van der Waals surface area contributed by atoms with Crippen LogP contribution in [0.3, 0.4) is 0 Å². The van der Waals surface area contributed by atoms with Gasteiger partial charge in [-0.05, 0) is 31.6 Å². The van der Waals surface area contributed by atoms with Crippen molar-refractivity contribution in [1.82, 2.24) is 10.3 Å². The molecule has 0 spiro atoms. The van der Waals surface area contributed by atoms with Gasteiger partial charge in [-0.2, -0.15) is 0 Å². The summed E-state index contributed by atoms with van der Waals surface area (Å²) in [7, 11) is 1.74. The first-order chi connectivity index (χ1) is 10.3. The number of rotatable bonds is 8. The third-order valence-electron chi connectivity index (χ3n) is 4.19. The SMILES string of the molecule is CCC(C)c1nc(N2CCCCC2)sc1CNCCOC. The molecule has 120 valence electrons. The zero-order chi connectivity index (χ0) is 15.1. The van der Waals surface area contributed by atoms with Gasteiger partial charge in [0.2, 0.25) is 0 Å². The fraction of sp³-hybridized carbons (Fsp3) is 0.812. The lowest BCUT2D eigenvalue weighted by molar-refractivity contribution is 0.199. The van der Waals surface area contributed by atoms with Crippen molar-refractivity contribution in [3.63, 3.8) is 0 Å². The molecule has 0 aromatic carbocycles. The van der Waals surface area contributed by atoms with Crippen molar-refractivity contribution in [1.29, 1.82) is 0 Å². The number of piperidine rings is 1. The monoisotopic (exact) mass is 311 g/mol. The second-order valence-corrected chi connectivity index (χ2v) is 6.89. The Balaban J connectivity index is 2.06. The molecule has 0 amide bonds. The van der Waals surface area contributed by atoms with Gasteiger partial charge in [0.25, 0.3) is 0 Å². The van der Waals surface area contributed by atoms with Crippen molar-refractivity contribution in [3.8, 4) is 0 Å². The molecule has 0 saturated carbocycles. The van der Waals surface area contributed by atoms with Gasteiger partial charge in [-0.15, -0.1) is 11.3 Å². The molecule has 1 fully saturated rings. The Hall–Kier alpha value is -0.650. The van der Waals surface area contributed by atoms with Crippen molar-refractivity contribution >= 4 is 16.5 Å². The van der Waals surface area contributed by atoms with E-state index in [2.05, 4.69) is 24.1 Å². The van der Waals surface area contributed by atoms with E-state index in [4.69, 9.17) is 9.72 Å². The molecule has 2 rings (SSSR count). The van der Waals surface area contributed by atoms with E-state index in [9.17, 15) is 0 Å². The van der Waals surface area contributed by atoms with E-state index >= 15 is 0 Å². The van der Waals surface area contributed by atoms with Crippen LogP contribution < -0.4 is 10.2 Å². The number of nitrogens with zero attached hydrogens (tertiary/aromatic N) is 2. The Bertz CT molecular complexity index is 416. The molecule has 1 saturated heterocycles. The van der Waals surface area contributed by atoms with E-state index < -0.39 is 0 Å². The zero-order valence-electron chi connectivity index (χ0n) is 13.7. The molecule has 2 heterocycles. The van der Waals surface area contributed by atoms with E-state index in [1.165, 1.54) is 48.1 Å². The van der Waals surface area contributed by atoms with Gasteiger partial charge in [-0.25, -0.2) is 4.98 Å². The van der Waals surface area contributed by atoms with E-state index in [1.54, 1.807) is 7.11 Å². The third kappa shape index (κ3) is 4.66. The van der Waals surface area contributed by atoms with Crippen LogP contribution in [0.15, 0.2) is 0 Å². The van der Waals surface area contributed by atoms with Gasteiger partial charge >= 0.3 is 0 Å². The fourth-order valence-corrected chi connectivity index (χ4v) is 3.85. The molecule has 1 aromatic heterocycles. The summed E-state index contributed by atoms with van der Waals surface area (Å²) in [5.74, 6) is 0.541. The second-order valence-electron chi connectivity index (χ2n) is 5.83. The molecule has 1 aliphatic rings. The lowest BCUT2D eigenvalue weighted by atomic mass is 10.0. The third-order valence-corrected chi connectivity index (χ3v) is 5.32. The molecule has 1 unspecified atom stereocenters. The molecule has 1 aliphatic heterocycles. The minimum atomic E-state index is 0.541. The summed E-state index contributed by atoms with van der Waals surface area (Å²) < 4.78 is 5.10. The normalized spacial score (nSPS) is 17.2. The maximum atomic E-state index is 5.10. The molecular weight excluding hydrogens is 282 g/mol. The Labute approximate surface area is 132 Å². The average molecular weight is 311 g/mol. The predicted molar refractivity (Wildman–Crippen MR) is 90.5 cm³/mol. The largest absolute Gasteiger partial charge is 0.383 e. The Morgan fingerprint density at radius 1 is 1.33 bits per heavy atom. The molecule has 4 nitrogen and oxygen atoms in total. The summed E-state index contributed by atoms with van der Waals surface area (Å²) >= 11 is 1.88. The topological polar surface area (TPSA) is 37.4 Å². The van der Waals surface area contributed by atoms with Gasteiger partial charge < -0.3 is 15.0 Å². The maximum Gasteiger partial charge on any atom is 0.185 e. The van der Waals surface area contributed by atoms with E-state index in [1.807, 2.05) is 11.3 Å². The number of hydrogen-bond donors (Lipinski definition) is 1. The summed E-state index contributed by atoms with van der Waals surface area (Å²) in [6, 6.07) is 0. The number of nitrogens with one attached hydrogen (secondary N) is 1. The summed E-state index contributed by atoms with van der Waals surface area (Å²) in [4.78, 5) is 8.85. The molecule has 0 aliphatic carbocycles. The van der Waals surface area contributed by atoms with Gasteiger partial charge in [0.05, 0.1) is 12.3 Å². The lowest BCUT2D eigenvalue weighted by Crippen LogP contribution is -2.29. The minimum absolute atomic E-state index is 0.541. The standard InChI is InChI=1S/C16H29N3OS/c1-4-13(2)15-14(12-17-8-11-20-3)21-16(18-15)19-9-6-5-7-10-19/h13,17H,4-12H2,1-3H3. The molecule has 1 aromatic rings. The number of aromatic nitrogens is 1. The molecule has 0 radical (unpaired) electrons. The molecule has 1 N–H and O–H groups in total. The Morgan fingerprint density at radius 2 is 2.10 bits per heavy atom. The average Bonchev–Trinajstić information content (AvgIpc) is 2.96. The number of hydrogen-bond acceptors (Lipinski definition) is 5. The van der Waals surface area contributed by atoms with Crippen LogP contribution in [-0.2, 0) is 11.3 Å². The van der Waals surface area contributed by atoms with Gasteiger partial charge in [0, 0.05) is 38.2 Å². The summed E-state index contributed by atoms with van der Waals surface area (Å²) in [6.07, 6.45) is 5.12. The van der Waals surface area contributed by atoms with E-state index in [0.717, 1.165) is 26.1 Å². The van der Waals surface area contributed by atoms with E-state index in [0.29, 0.717) is 5.92 Å². The lowest BCUT2D eigenvalue weighted by Gasteiger charge is -2.25. The molecule has 21 heavy (non-hydrogen) atoms. The van der Waals surface area contributed by atoms with Crippen molar-refractivity contribution in [2.45, 2.75) is 52.0 Å². The number of ether oxygens (including phenoxy) is 1. The first-order valence-electron chi connectivity index (χ1n) is 8.20. The van der Waals surface area contributed by atoms with Crippen LogP contribution in [0.2, 0.25) is 0 Å². The van der Waals surface area contributed by atoms with Crippen LogP contribution in [0.4, 0.5) is 5.13 Å². The van der Waals surface area contributed by atoms with Crippen molar-refractivity contribution in [2.24, 2.45) is 0 Å². The predicted octanol–water partition coefficient (Wildman–Crippen LogP) is 3.38. The first kappa shape index (κ1) is 16.7. The van der Waals surface area contributed by atoms with Crippen LogP contribution >= 0.6 is 11.3 Å². The van der Waals surface area contributed by atoms with Gasteiger partial charge in [0.15, 0.2) is 5.13 Å². The Morgan fingerprint density at radius 3 is 2.76 bits per heavy atom. The molecular formula is C16H29N3OS. The van der Waals surface area contributed by atoms with Crippen LogP contribution in [0.5, 0.6) is 0 Å². The highest BCUT2D eigenvalue weighted by Gasteiger charge is 2.20. The van der Waals surface area contributed by atoms with Gasteiger partial charge in [0.1, 0.15) is 0 Å². The summed E-state index contributed by atoms with van der Waals surface area (Å²) in [5.41, 5.74) is 1.30. The highest BCUT2D eigenvalue weighted by atomic mass is 32.1. The van der Waals surface area contributed by atoms with Crippen molar-refractivity contribution in [3.05, 3.63) is 10.6 Å². The second kappa shape index (κ2) is 8.71. The summed E-state index contributed by atoms with van der Waals surface area (Å²) in [6.45, 7) is 9.44. The number of thiazole rings is 1. The van der Waals surface area contributed by atoms with Crippen molar-refractivity contribution in [2.75, 3.05) is 38.3 Å². The quantitative estimate of drug-likeness (QED) is 0.747. The van der Waals surface area contributed by atoms with Crippen molar-refractivity contribution < 1.29 is 4.74 Å². The minimum Gasteiger partial charge on any atom is -0.383 e. The first-order valence-corrected chi connectivity index (χ1v) is 9.02. The van der Waals surface area contributed by atoms with Gasteiger partial charge in [-0.1, -0.05) is 13.8 Å². The molecule has 5 heteroatoms.